The van der Waals surface area contributed by atoms with Gasteiger partial charge in [0, 0.05) is 24.4 Å². The molecule has 3 rings (SSSR count). The third kappa shape index (κ3) is 2.55. The van der Waals surface area contributed by atoms with Crippen molar-refractivity contribution in [2.75, 3.05) is 18.0 Å². The highest BCUT2D eigenvalue weighted by Crippen LogP contribution is 2.27. The first-order valence-electron chi connectivity index (χ1n) is 6.97. The fourth-order valence-electron chi connectivity index (χ4n) is 2.74. The Hall–Kier alpha value is -1.28. The number of fused-ring (bicyclic) bond motifs is 1. The zero-order valence-electron chi connectivity index (χ0n) is 11.3. The molecule has 0 aliphatic carbocycles. The molecule has 0 unspecified atom stereocenters. The summed E-state index contributed by atoms with van der Waals surface area (Å²) in [5.41, 5.74) is 2.23. The number of halogens is 1. The van der Waals surface area contributed by atoms with Crippen molar-refractivity contribution < 1.29 is 0 Å². The summed E-state index contributed by atoms with van der Waals surface area (Å²) < 4.78 is 0. The number of para-hydroxylation sites is 1. The van der Waals surface area contributed by atoms with Crippen molar-refractivity contribution in [3.63, 3.8) is 0 Å². The quantitative estimate of drug-likeness (QED) is 0.763. The van der Waals surface area contributed by atoms with E-state index in [-0.39, 0.29) is 0 Å². The van der Waals surface area contributed by atoms with Crippen molar-refractivity contribution in [2.45, 2.75) is 25.6 Å². The van der Waals surface area contributed by atoms with E-state index in [4.69, 9.17) is 16.6 Å². The molecule has 2 heterocycles. The minimum atomic E-state index is 0.542. The average Bonchev–Trinajstić information content (AvgIpc) is 2.47. The molecule has 0 atom stereocenters. The molecule has 0 amide bonds. The Morgan fingerprint density at radius 2 is 2.00 bits per heavy atom. The van der Waals surface area contributed by atoms with Crippen molar-refractivity contribution in [1.82, 2.24) is 4.98 Å². The molecule has 19 heavy (non-hydrogen) atoms. The fourth-order valence-corrected chi connectivity index (χ4v) is 2.96. The van der Waals surface area contributed by atoms with Crippen LogP contribution in [0.2, 0.25) is 0 Å². The van der Waals surface area contributed by atoms with E-state index in [2.05, 4.69) is 30.0 Å². The van der Waals surface area contributed by atoms with Gasteiger partial charge in [-0.15, -0.1) is 11.6 Å². The van der Waals surface area contributed by atoms with Gasteiger partial charge in [0.05, 0.1) is 5.52 Å². The van der Waals surface area contributed by atoms with Crippen LogP contribution >= 0.6 is 11.6 Å². The predicted octanol–water partition coefficient (Wildman–Crippen LogP) is 4.21. The number of nitrogens with zero attached hydrogens (tertiary/aromatic N) is 2. The van der Waals surface area contributed by atoms with Crippen molar-refractivity contribution in [2.24, 2.45) is 5.92 Å². The molecule has 0 spiro atoms. The Morgan fingerprint density at radius 3 is 2.74 bits per heavy atom. The lowest BCUT2D eigenvalue weighted by molar-refractivity contribution is 0.437. The molecule has 0 saturated carbocycles. The Balaban J connectivity index is 2.00. The third-order valence-electron chi connectivity index (χ3n) is 4.04. The topological polar surface area (TPSA) is 16.1 Å². The molecule has 0 N–H and O–H groups in total. The number of benzene rings is 1. The van der Waals surface area contributed by atoms with Gasteiger partial charge < -0.3 is 4.90 Å². The number of aromatic nitrogens is 1. The Morgan fingerprint density at radius 1 is 1.26 bits per heavy atom. The number of anilines is 1. The van der Waals surface area contributed by atoms with Crippen molar-refractivity contribution >= 4 is 28.3 Å². The maximum Gasteiger partial charge on any atom is 0.129 e. The third-order valence-corrected chi connectivity index (χ3v) is 4.33. The summed E-state index contributed by atoms with van der Waals surface area (Å²) in [6.45, 7) is 4.54. The van der Waals surface area contributed by atoms with Crippen molar-refractivity contribution in [3.05, 3.63) is 35.9 Å². The molecule has 1 aromatic heterocycles. The molecule has 1 aliphatic rings. The van der Waals surface area contributed by atoms with Gasteiger partial charge in [0.15, 0.2) is 0 Å². The lowest BCUT2D eigenvalue weighted by Crippen LogP contribution is -2.33. The van der Waals surface area contributed by atoms with Crippen LogP contribution in [0.5, 0.6) is 0 Å². The number of hydrogen-bond acceptors (Lipinski definition) is 2. The summed E-state index contributed by atoms with van der Waals surface area (Å²) >= 11 is 6.09. The van der Waals surface area contributed by atoms with E-state index in [1.807, 2.05) is 12.1 Å². The van der Waals surface area contributed by atoms with Gasteiger partial charge in [0.2, 0.25) is 0 Å². The molecule has 100 valence electrons. The van der Waals surface area contributed by atoms with Gasteiger partial charge in [-0.25, -0.2) is 4.98 Å². The summed E-state index contributed by atoms with van der Waals surface area (Å²) in [5, 5.41) is 1.17. The molecule has 1 aromatic carbocycles. The van der Waals surface area contributed by atoms with Gasteiger partial charge >= 0.3 is 0 Å². The average molecular weight is 275 g/mol. The van der Waals surface area contributed by atoms with Crippen LogP contribution < -0.4 is 4.90 Å². The maximum atomic E-state index is 6.09. The minimum Gasteiger partial charge on any atom is -0.357 e. The molecular formula is C16H19ClN2. The maximum absolute atomic E-state index is 6.09. The number of hydrogen-bond donors (Lipinski definition) is 0. The first kappa shape index (κ1) is 12.7. The van der Waals surface area contributed by atoms with Crippen LogP contribution in [0.15, 0.2) is 30.3 Å². The summed E-state index contributed by atoms with van der Waals surface area (Å²) in [5.74, 6) is 2.46. The van der Waals surface area contributed by atoms with E-state index < -0.39 is 0 Å². The molecule has 1 fully saturated rings. The Kier molecular flexibility index (Phi) is 3.61. The number of pyridine rings is 1. The van der Waals surface area contributed by atoms with Crippen molar-refractivity contribution in [1.29, 1.82) is 0 Å². The Labute approximate surface area is 119 Å². The minimum absolute atomic E-state index is 0.542. The highest BCUT2D eigenvalue weighted by molar-refractivity contribution is 6.18. The molecule has 2 nitrogen and oxygen atoms in total. The highest BCUT2D eigenvalue weighted by atomic mass is 35.5. The summed E-state index contributed by atoms with van der Waals surface area (Å²) in [4.78, 5) is 7.19. The standard InChI is InChI=1S/C16H19ClN2/c1-12-6-8-19(9-7-12)16-10-13(11-17)14-4-2-3-5-15(14)18-16/h2-5,10,12H,6-9,11H2,1H3. The van der Waals surface area contributed by atoms with Crippen LogP contribution in [-0.4, -0.2) is 18.1 Å². The second kappa shape index (κ2) is 5.38. The second-order valence-corrected chi connectivity index (χ2v) is 5.73. The van der Waals surface area contributed by atoms with Gasteiger partial charge in [-0.05, 0) is 36.5 Å². The number of rotatable bonds is 2. The van der Waals surface area contributed by atoms with Gasteiger partial charge in [-0.2, -0.15) is 0 Å². The van der Waals surface area contributed by atoms with Gasteiger partial charge in [-0.3, -0.25) is 0 Å². The fraction of sp³-hybridized carbons (Fsp3) is 0.438. The monoisotopic (exact) mass is 274 g/mol. The molecule has 1 aliphatic heterocycles. The molecule has 0 bridgehead atoms. The highest BCUT2D eigenvalue weighted by Gasteiger charge is 2.18. The van der Waals surface area contributed by atoms with Crippen LogP contribution in [0.3, 0.4) is 0 Å². The van der Waals surface area contributed by atoms with Gasteiger partial charge in [-0.1, -0.05) is 25.1 Å². The summed E-state index contributed by atoms with van der Waals surface area (Å²) in [7, 11) is 0. The molecular weight excluding hydrogens is 256 g/mol. The largest absolute Gasteiger partial charge is 0.357 e. The van der Waals surface area contributed by atoms with Gasteiger partial charge in [0.1, 0.15) is 5.82 Å². The molecule has 0 radical (unpaired) electrons. The normalized spacial score (nSPS) is 17.1. The van der Waals surface area contributed by atoms with Crippen LogP contribution in [-0.2, 0) is 5.88 Å². The van der Waals surface area contributed by atoms with E-state index in [9.17, 15) is 0 Å². The first-order chi connectivity index (χ1) is 9.28. The smallest absolute Gasteiger partial charge is 0.129 e. The lowest BCUT2D eigenvalue weighted by Gasteiger charge is -2.31. The lowest BCUT2D eigenvalue weighted by atomic mass is 9.99. The second-order valence-electron chi connectivity index (χ2n) is 5.46. The SMILES string of the molecule is CC1CCN(c2cc(CCl)c3ccccc3n2)CC1. The van der Waals surface area contributed by atoms with Crippen LogP contribution in [0, 0.1) is 5.92 Å². The summed E-state index contributed by atoms with van der Waals surface area (Å²) in [6, 6.07) is 10.4. The molecule has 1 saturated heterocycles. The summed E-state index contributed by atoms with van der Waals surface area (Å²) in [6.07, 6.45) is 2.51. The van der Waals surface area contributed by atoms with E-state index in [1.54, 1.807) is 0 Å². The van der Waals surface area contributed by atoms with Gasteiger partial charge in [0.25, 0.3) is 0 Å². The van der Waals surface area contributed by atoms with Crippen LogP contribution in [0.1, 0.15) is 25.3 Å². The van der Waals surface area contributed by atoms with E-state index in [0.717, 1.165) is 30.3 Å². The van der Waals surface area contributed by atoms with Crippen molar-refractivity contribution in [3.8, 4) is 0 Å². The number of alkyl halides is 1. The zero-order chi connectivity index (χ0) is 13.2. The van der Waals surface area contributed by atoms with Crippen LogP contribution in [0.25, 0.3) is 10.9 Å². The predicted molar refractivity (Wildman–Crippen MR) is 81.9 cm³/mol. The molecule has 3 heteroatoms. The molecule has 2 aromatic rings. The van der Waals surface area contributed by atoms with E-state index in [0.29, 0.717) is 5.88 Å². The van der Waals surface area contributed by atoms with Crippen LogP contribution in [0.4, 0.5) is 5.82 Å². The number of piperidine rings is 1. The van der Waals surface area contributed by atoms with E-state index >= 15 is 0 Å². The zero-order valence-corrected chi connectivity index (χ0v) is 12.0. The van der Waals surface area contributed by atoms with E-state index in [1.165, 1.54) is 23.8 Å². The Bertz CT molecular complexity index is 574. The first-order valence-corrected chi connectivity index (χ1v) is 7.51.